The summed E-state index contributed by atoms with van der Waals surface area (Å²) in [5.41, 5.74) is 1.85. The zero-order valence-electron chi connectivity index (χ0n) is 17.5. The van der Waals surface area contributed by atoms with Crippen molar-refractivity contribution in [2.75, 3.05) is 16.9 Å². The van der Waals surface area contributed by atoms with Crippen LogP contribution < -0.4 is 11.0 Å². The normalized spacial score (nSPS) is 17.1. The van der Waals surface area contributed by atoms with Gasteiger partial charge in [-0.25, -0.2) is 9.48 Å². The highest BCUT2D eigenvalue weighted by molar-refractivity contribution is 7.99. The van der Waals surface area contributed by atoms with Gasteiger partial charge in [0.15, 0.2) is 5.65 Å². The van der Waals surface area contributed by atoms with Crippen LogP contribution in [0.25, 0.3) is 5.65 Å². The summed E-state index contributed by atoms with van der Waals surface area (Å²) in [5, 5.41) is 7.28. The minimum Gasteiger partial charge on any atom is -0.324 e. The van der Waals surface area contributed by atoms with Crippen molar-refractivity contribution in [3.63, 3.8) is 0 Å². The van der Waals surface area contributed by atoms with Gasteiger partial charge in [0.05, 0.1) is 12.4 Å². The molecule has 1 saturated heterocycles. The van der Waals surface area contributed by atoms with Crippen molar-refractivity contribution in [1.82, 2.24) is 19.1 Å². The van der Waals surface area contributed by atoms with E-state index in [9.17, 15) is 14.4 Å². The Bertz CT molecular complexity index is 1170. The summed E-state index contributed by atoms with van der Waals surface area (Å²) in [4.78, 5) is 39.7. The standard InChI is InChI=1S/C22H25N5O3S/c1-3-15(2)21(29)26-14-31-13-18(26)20(28)23-17-8-6-7-16(11-17)12-27-22(30)25-10-5-4-9-19(25)24-27/h4-11,15,18H,3,12-14H2,1-2H3,(H,23,28). The van der Waals surface area contributed by atoms with Crippen molar-refractivity contribution in [2.45, 2.75) is 32.9 Å². The Morgan fingerprint density at radius 1 is 1.26 bits per heavy atom. The summed E-state index contributed by atoms with van der Waals surface area (Å²) in [7, 11) is 0. The van der Waals surface area contributed by atoms with Crippen molar-refractivity contribution >= 4 is 34.9 Å². The molecular weight excluding hydrogens is 414 g/mol. The smallest absolute Gasteiger partial charge is 0.324 e. The minimum absolute atomic E-state index is 0.0209. The number of anilines is 1. The lowest BCUT2D eigenvalue weighted by atomic mass is 10.1. The van der Waals surface area contributed by atoms with E-state index in [1.54, 1.807) is 41.1 Å². The van der Waals surface area contributed by atoms with Crippen LogP contribution in [-0.2, 0) is 16.1 Å². The Labute approximate surface area is 184 Å². The molecule has 4 rings (SSSR count). The number of nitrogens with one attached hydrogen (secondary N) is 1. The Morgan fingerprint density at radius 2 is 2.10 bits per heavy atom. The van der Waals surface area contributed by atoms with Crippen LogP contribution in [0.5, 0.6) is 0 Å². The third kappa shape index (κ3) is 4.36. The zero-order chi connectivity index (χ0) is 22.0. The summed E-state index contributed by atoms with van der Waals surface area (Å²) in [5.74, 6) is 0.861. The van der Waals surface area contributed by atoms with E-state index < -0.39 is 6.04 Å². The molecule has 3 heterocycles. The number of nitrogens with zero attached hydrogens (tertiary/aromatic N) is 4. The molecule has 1 aromatic carbocycles. The van der Waals surface area contributed by atoms with E-state index in [-0.39, 0.29) is 23.4 Å². The van der Waals surface area contributed by atoms with Crippen LogP contribution in [0, 0.1) is 5.92 Å². The second kappa shape index (κ2) is 8.97. The van der Waals surface area contributed by atoms with Gasteiger partial charge in [-0.1, -0.05) is 32.0 Å². The maximum Gasteiger partial charge on any atom is 0.350 e. The highest BCUT2D eigenvalue weighted by atomic mass is 32.2. The number of pyridine rings is 1. The van der Waals surface area contributed by atoms with E-state index in [0.29, 0.717) is 29.5 Å². The predicted octanol–water partition coefficient (Wildman–Crippen LogP) is 2.43. The first-order valence-corrected chi connectivity index (χ1v) is 11.5. The molecule has 1 N–H and O–H groups in total. The molecule has 2 aromatic heterocycles. The first kappa shape index (κ1) is 21.2. The summed E-state index contributed by atoms with van der Waals surface area (Å²) >= 11 is 1.59. The second-order valence-corrected chi connectivity index (χ2v) is 8.69. The van der Waals surface area contributed by atoms with E-state index in [2.05, 4.69) is 10.4 Å². The first-order chi connectivity index (χ1) is 15.0. The molecule has 31 heavy (non-hydrogen) atoms. The Morgan fingerprint density at radius 3 is 2.87 bits per heavy atom. The van der Waals surface area contributed by atoms with Crippen molar-refractivity contribution in [3.8, 4) is 0 Å². The third-order valence-corrected chi connectivity index (χ3v) is 6.53. The number of hydrogen-bond donors (Lipinski definition) is 1. The molecule has 8 nitrogen and oxygen atoms in total. The Balaban J connectivity index is 1.48. The molecule has 0 bridgehead atoms. The maximum absolute atomic E-state index is 12.9. The number of rotatable bonds is 6. The van der Waals surface area contributed by atoms with Gasteiger partial charge in [-0.3, -0.25) is 14.0 Å². The van der Waals surface area contributed by atoms with Crippen molar-refractivity contribution < 1.29 is 9.59 Å². The lowest BCUT2D eigenvalue weighted by Gasteiger charge is -2.25. The van der Waals surface area contributed by atoms with Crippen LogP contribution in [0.3, 0.4) is 0 Å². The summed E-state index contributed by atoms with van der Waals surface area (Å²) < 4.78 is 2.89. The third-order valence-electron chi connectivity index (χ3n) is 5.52. The molecule has 0 radical (unpaired) electrons. The Hall–Kier alpha value is -3.07. The number of benzene rings is 1. The molecule has 2 unspecified atom stereocenters. The Kier molecular flexibility index (Phi) is 6.13. The van der Waals surface area contributed by atoms with Crippen LogP contribution in [0.2, 0.25) is 0 Å². The first-order valence-electron chi connectivity index (χ1n) is 10.3. The number of hydrogen-bond acceptors (Lipinski definition) is 5. The van der Waals surface area contributed by atoms with Crippen LogP contribution in [0.4, 0.5) is 5.69 Å². The number of carbonyl (C=O) groups excluding carboxylic acids is 2. The van der Waals surface area contributed by atoms with Gasteiger partial charge < -0.3 is 10.2 Å². The van der Waals surface area contributed by atoms with Crippen molar-refractivity contribution in [1.29, 1.82) is 0 Å². The average Bonchev–Trinajstić information content (AvgIpc) is 3.38. The largest absolute Gasteiger partial charge is 0.350 e. The number of amides is 2. The fourth-order valence-electron chi connectivity index (χ4n) is 3.55. The minimum atomic E-state index is -0.476. The second-order valence-electron chi connectivity index (χ2n) is 7.69. The number of fused-ring (bicyclic) bond motifs is 1. The zero-order valence-corrected chi connectivity index (χ0v) is 18.3. The molecule has 2 atom stereocenters. The molecular formula is C22H25N5O3S. The molecule has 162 valence electrons. The van der Waals surface area contributed by atoms with Gasteiger partial charge in [0.25, 0.3) is 0 Å². The topological polar surface area (TPSA) is 88.7 Å². The molecule has 3 aromatic rings. The lowest BCUT2D eigenvalue weighted by molar-refractivity contribution is -0.139. The van der Waals surface area contributed by atoms with Crippen LogP contribution in [-0.4, -0.2) is 48.6 Å². The van der Waals surface area contributed by atoms with Gasteiger partial charge in [-0.15, -0.1) is 16.9 Å². The molecule has 0 saturated carbocycles. The average molecular weight is 440 g/mol. The van der Waals surface area contributed by atoms with Gasteiger partial charge in [-0.2, -0.15) is 0 Å². The van der Waals surface area contributed by atoms with E-state index in [4.69, 9.17) is 0 Å². The van der Waals surface area contributed by atoms with Crippen LogP contribution in [0.1, 0.15) is 25.8 Å². The summed E-state index contributed by atoms with van der Waals surface area (Å²) in [6, 6.07) is 12.3. The summed E-state index contributed by atoms with van der Waals surface area (Å²) in [6.45, 7) is 4.16. The van der Waals surface area contributed by atoms with Crippen molar-refractivity contribution in [3.05, 3.63) is 64.7 Å². The molecule has 1 fully saturated rings. The number of thioether (sulfide) groups is 1. The number of carbonyl (C=O) groups is 2. The van der Waals surface area contributed by atoms with E-state index >= 15 is 0 Å². The van der Waals surface area contributed by atoms with Gasteiger partial charge in [-0.05, 0) is 36.2 Å². The lowest BCUT2D eigenvalue weighted by Crippen LogP contribution is -2.46. The highest BCUT2D eigenvalue weighted by Crippen LogP contribution is 2.25. The molecule has 1 aliphatic rings. The van der Waals surface area contributed by atoms with Crippen molar-refractivity contribution in [2.24, 2.45) is 5.92 Å². The SMILES string of the molecule is CCC(C)C(=O)N1CSCC1C(=O)Nc1cccc(Cn2nc3ccccn3c2=O)c1. The predicted molar refractivity (Wildman–Crippen MR) is 121 cm³/mol. The van der Waals surface area contributed by atoms with Gasteiger partial charge in [0.1, 0.15) is 6.04 Å². The summed E-state index contributed by atoms with van der Waals surface area (Å²) in [6.07, 6.45) is 2.43. The van der Waals surface area contributed by atoms with E-state index in [1.165, 1.54) is 9.08 Å². The van der Waals surface area contributed by atoms with Gasteiger partial charge in [0.2, 0.25) is 11.8 Å². The highest BCUT2D eigenvalue weighted by Gasteiger charge is 2.36. The molecule has 0 aliphatic carbocycles. The molecule has 9 heteroatoms. The fourth-order valence-corrected chi connectivity index (χ4v) is 4.72. The van der Waals surface area contributed by atoms with Crippen LogP contribution in [0.15, 0.2) is 53.5 Å². The van der Waals surface area contributed by atoms with Crippen LogP contribution >= 0.6 is 11.8 Å². The van der Waals surface area contributed by atoms with Gasteiger partial charge >= 0.3 is 5.69 Å². The molecule has 1 aliphatic heterocycles. The quantitative estimate of drug-likeness (QED) is 0.637. The van der Waals surface area contributed by atoms with E-state index in [0.717, 1.165) is 12.0 Å². The van der Waals surface area contributed by atoms with E-state index in [1.807, 2.05) is 38.1 Å². The van der Waals surface area contributed by atoms with Gasteiger partial charge in [0, 0.05) is 23.6 Å². The molecule has 2 amide bonds. The molecule has 0 spiro atoms. The fraction of sp³-hybridized carbons (Fsp3) is 0.364. The monoisotopic (exact) mass is 439 g/mol. The maximum atomic E-state index is 12.9. The number of aromatic nitrogens is 3.